The van der Waals surface area contributed by atoms with E-state index in [0.717, 1.165) is 25.8 Å². The molecule has 2 bridgehead atoms. The molecule has 166 valence electrons. The van der Waals surface area contributed by atoms with E-state index in [1.54, 1.807) is 24.5 Å². The standard InChI is InChI=1S/C26H28N2O4/c1-25(2)12-17-13-26(3,15-25)16-28(17)23(29)14-32-24(30)19-11-21(22-9-6-10-31-22)27-20-8-5-4-7-18(19)20/h4-11,17H,12-16H2,1-3H3. The molecule has 1 aliphatic heterocycles. The van der Waals surface area contributed by atoms with Crippen LogP contribution < -0.4 is 0 Å². The van der Waals surface area contributed by atoms with Crippen LogP contribution in [0.25, 0.3) is 22.4 Å². The summed E-state index contributed by atoms with van der Waals surface area (Å²) in [6.07, 6.45) is 4.69. The Balaban J connectivity index is 1.35. The number of esters is 1. The summed E-state index contributed by atoms with van der Waals surface area (Å²) in [5.74, 6) is -0.0751. The molecule has 0 radical (unpaired) electrons. The Kier molecular flexibility index (Phi) is 4.84. The molecule has 3 heterocycles. The second-order valence-corrected chi connectivity index (χ2v) is 10.4. The van der Waals surface area contributed by atoms with Crippen molar-refractivity contribution in [1.82, 2.24) is 9.88 Å². The zero-order valence-corrected chi connectivity index (χ0v) is 18.8. The average molecular weight is 433 g/mol. The number of fused-ring (bicyclic) bond motifs is 3. The first-order valence-electron chi connectivity index (χ1n) is 11.1. The number of rotatable bonds is 4. The van der Waals surface area contributed by atoms with Gasteiger partial charge in [0.2, 0.25) is 0 Å². The van der Waals surface area contributed by atoms with Crippen molar-refractivity contribution in [2.75, 3.05) is 13.2 Å². The van der Waals surface area contributed by atoms with Crippen LogP contribution in [0.15, 0.2) is 53.1 Å². The molecule has 6 heteroatoms. The van der Waals surface area contributed by atoms with Gasteiger partial charge < -0.3 is 14.1 Å². The number of carbonyl (C=O) groups is 2. The van der Waals surface area contributed by atoms with Gasteiger partial charge >= 0.3 is 5.97 Å². The molecule has 2 unspecified atom stereocenters. The van der Waals surface area contributed by atoms with Crippen LogP contribution in [-0.4, -0.2) is 41.0 Å². The Hall–Kier alpha value is -3.15. The molecule has 6 nitrogen and oxygen atoms in total. The van der Waals surface area contributed by atoms with Gasteiger partial charge in [-0.05, 0) is 54.4 Å². The Morgan fingerprint density at radius 3 is 2.75 bits per heavy atom. The van der Waals surface area contributed by atoms with Gasteiger partial charge in [-0.2, -0.15) is 0 Å². The second kappa shape index (κ2) is 7.47. The number of pyridine rings is 1. The van der Waals surface area contributed by atoms with E-state index < -0.39 is 5.97 Å². The number of likely N-dealkylation sites (tertiary alicyclic amines) is 1. The van der Waals surface area contributed by atoms with Crippen molar-refractivity contribution in [2.45, 2.75) is 46.1 Å². The van der Waals surface area contributed by atoms with E-state index in [-0.39, 0.29) is 29.4 Å². The predicted molar refractivity (Wildman–Crippen MR) is 121 cm³/mol. The first-order valence-corrected chi connectivity index (χ1v) is 11.1. The maximum Gasteiger partial charge on any atom is 0.339 e. The Labute approximate surface area is 187 Å². The number of nitrogens with zero attached hydrogens (tertiary/aromatic N) is 2. The molecule has 2 aliphatic rings. The fraction of sp³-hybridized carbons (Fsp3) is 0.423. The third-order valence-electron chi connectivity index (χ3n) is 6.77. The van der Waals surface area contributed by atoms with Crippen molar-refractivity contribution in [3.8, 4) is 11.5 Å². The van der Waals surface area contributed by atoms with Crippen LogP contribution in [0.3, 0.4) is 0 Å². The van der Waals surface area contributed by atoms with Crippen LogP contribution in [0.2, 0.25) is 0 Å². The van der Waals surface area contributed by atoms with E-state index >= 15 is 0 Å². The van der Waals surface area contributed by atoms with Gasteiger partial charge in [0, 0.05) is 18.0 Å². The average Bonchev–Trinajstić information content (AvgIpc) is 3.36. The van der Waals surface area contributed by atoms with E-state index in [1.165, 1.54) is 0 Å². The Bertz CT molecular complexity index is 1180. The molecule has 0 spiro atoms. The van der Waals surface area contributed by atoms with Crippen molar-refractivity contribution in [2.24, 2.45) is 10.8 Å². The smallest absolute Gasteiger partial charge is 0.339 e. The van der Waals surface area contributed by atoms with Gasteiger partial charge in [-0.1, -0.05) is 39.0 Å². The molecular formula is C26H28N2O4. The van der Waals surface area contributed by atoms with Crippen molar-refractivity contribution in [3.63, 3.8) is 0 Å². The summed E-state index contributed by atoms with van der Waals surface area (Å²) in [7, 11) is 0. The lowest BCUT2D eigenvalue weighted by Crippen LogP contribution is -2.39. The second-order valence-electron chi connectivity index (χ2n) is 10.4. The van der Waals surface area contributed by atoms with Gasteiger partial charge in [0.25, 0.3) is 5.91 Å². The lowest BCUT2D eigenvalue weighted by atomic mass is 9.65. The van der Waals surface area contributed by atoms with Gasteiger partial charge in [0.1, 0.15) is 5.69 Å². The molecule has 1 amide bonds. The first kappa shape index (κ1) is 20.7. The Morgan fingerprint density at radius 2 is 1.97 bits per heavy atom. The third kappa shape index (κ3) is 3.78. The summed E-state index contributed by atoms with van der Waals surface area (Å²) >= 11 is 0. The van der Waals surface area contributed by atoms with Crippen molar-refractivity contribution < 1.29 is 18.7 Å². The minimum atomic E-state index is -0.529. The number of amides is 1. The molecule has 2 fully saturated rings. The quantitative estimate of drug-likeness (QED) is 0.538. The van der Waals surface area contributed by atoms with Gasteiger partial charge in [0.05, 0.1) is 17.3 Å². The lowest BCUT2D eigenvalue weighted by molar-refractivity contribution is -0.135. The summed E-state index contributed by atoms with van der Waals surface area (Å²) in [6.45, 7) is 7.30. The number of ether oxygens (including phenoxy) is 1. The highest BCUT2D eigenvalue weighted by Crippen LogP contribution is 2.52. The summed E-state index contributed by atoms with van der Waals surface area (Å²) in [4.78, 5) is 32.6. The highest BCUT2D eigenvalue weighted by Gasteiger charge is 2.50. The zero-order valence-electron chi connectivity index (χ0n) is 18.8. The summed E-state index contributed by atoms with van der Waals surface area (Å²) in [5, 5.41) is 0.687. The van der Waals surface area contributed by atoms with Crippen LogP contribution in [0, 0.1) is 10.8 Å². The molecule has 2 aromatic heterocycles. The largest absolute Gasteiger partial charge is 0.463 e. The van der Waals surface area contributed by atoms with E-state index in [9.17, 15) is 9.59 Å². The van der Waals surface area contributed by atoms with Gasteiger partial charge in [-0.3, -0.25) is 4.79 Å². The van der Waals surface area contributed by atoms with Gasteiger partial charge in [-0.25, -0.2) is 9.78 Å². The number of aromatic nitrogens is 1. The molecular weight excluding hydrogens is 404 g/mol. The van der Waals surface area contributed by atoms with Crippen LogP contribution in [0.1, 0.15) is 50.4 Å². The molecule has 1 saturated carbocycles. The van der Waals surface area contributed by atoms with Crippen LogP contribution in [-0.2, 0) is 9.53 Å². The molecule has 3 aromatic rings. The summed E-state index contributed by atoms with van der Waals surface area (Å²) in [5.41, 5.74) is 1.97. The molecule has 32 heavy (non-hydrogen) atoms. The fourth-order valence-corrected chi connectivity index (χ4v) is 5.93. The maximum atomic E-state index is 13.0. The Morgan fingerprint density at radius 1 is 1.16 bits per heavy atom. The molecule has 1 aliphatic carbocycles. The van der Waals surface area contributed by atoms with Crippen molar-refractivity contribution >= 4 is 22.8 Å². The minimum absolute atomic E-state index is 0.116. The van der Waals surface area contributed by atoms with E-state index in [4.69, 9.17) is 9.15 Å². The topological polar surface area (TPSA) is 72.6 Å². The van der Waals surface area contributed by atoms with E-state index in [0.29, 0.717) is 27.9 Å². The SMILES string of the molecule is CC1(C)CC2CC(C)(CN2C(=O)COC(=O)c2cc(-c3ccco3)nc3ccccc23)C1. The number of para-hydroxylation sites is 1. The minimum Gasteiger partial charge on any atom is -0.463 e. The zero-order chi connectivity index (χ0) is 22.5. The van der Waals surface area contributed by atoms with Crippen molar-refractivity contribution in [3.05, 3.63) is 54.3 Å². The highest BCUT2D eigenvalue weighted by atomic mass is 16.5. The third-order valence-corrected chi connectivity index (χ3v) is 6.77. The van der Waals surface area contributed by atoms with Crippen molar-refractivity contribution in [1.29, 1.82) is 0 Å². The molecule has 1 saturated heterocycles. The summed E-state index contributed by atoms with van der Waals surface area (Å²) < 4.78 is 11.0. The van der Waals surface area contributed by atoms with Crippen LogP contribution in [0.5, 0.6) is 0 Å². The molecule has 5 rings (SSSR count). The predicted octanol–water partition coefficient (Wildman–Crippen LogP) is 5.08. The normalized spacial score (nSPS) is 24.0. The molecule has 1 aromatic carbocycles. The number of hydrogen-bond acceptors (Lipinski definition) is 5. The van der Waals surface area contributed by atoms with E-state index in [1.807, 2.05) is 29.2 Å². The van der Waals surface area contributed by atoms with E-state index in [2.05, 4.69) is 25.8 Å². The number of hydrogen-bond donors (Lipinski definition) is 0. The van der Waals surface area contributed by atoms with Crippen LogP contribution >= 0.6 is 0 Å². The van der Waals surface area contributed by atoms with Gasteiger partial charge in [0.15, 0.2) is 12.4 Å². The monoisotopic (exact) mass is 432 g/mol. The number of carbonyl (C=O) groups excluding carboxylic acids is 2. The van der Waals surface area contributed by atoms with Crippen LogP contribution in [0.4, 0.5) is 0 Å². The maximum absolute atomic E-state index is 13.0. The molecule has 0 N–H and O–H groups in total. The fourth-order valence-electron chi connectivity index (χ4n) is 5.93. The lowest BCUT2D eigenvalue weighted by Gasteiger charge is -2.39. The van der Waals surface area contributed by atoms with Gasteiger partial charge in [-0.15, -0.1) is 0 Å². The first-order chi connectivity index (χ1) is 15.2. The number of benzene rings is 1. The summed E-state index contributed by atoms with van der Waals surface area (Å²) in [6, 6.07) is 12.9. The molecule has 2 atom stereocenters. The highest BCUT2D eigenvalue weighted by molar-refractivity contribution is 6.05. The number of furan rings is 1.